The van der Waals surface area contributed by atoms with E-state index in [0.717, 1.165) is 11.1 Å². The lowest BCUT2D eigenvalue weighted by molar-refractivity contribution is 0.590. The first-order valence-corrected chi connectivity index (χ1v) is 6.84. The summed E-state index contributed by atoms with van der Waals surface area (Å²) >= 11 is 0. The molecule has 0 atom stereocenters. The Bertz CT molecular complexity index is 864. The Morgan fingerprint density at radius 1 is 1.00 bits per heavy atom. The van der Waals surface area contributed by atoms with Crippen molar-refractivity contribution in [2.45, 2.75) is 33.1 Å². The first-order chi connectivity index (χ1) is 9.38. The highest BCUT2D eigenvalue weighted by atomic mass is 16.3. The Labute approximate surface area is 118 Å². The van der Waals surface area contributed by atoms with Crippen molar-refractivity contribution in [1.82, 2.24) is 0 Å². The van der Waals surface area contributed by atoms with Crippen LogP contribution in [0.25, 0.3) is 21.9 Å². The van der Waals surface area contributed by atoms with E-state index in [-0.39, 0.29) is 10.8 Å². The van der Waals surface area contributed by atoms with Gasteiger partial charge in [0.1, 0.15) is 11.2 Å². The van der Waals surface area contributed by atoms with Crippen LogP contribution < -0.4 is 5.43 Å². The van der Waals surface area contributed by atoms with Crippen molar-refractivity contribution in [3.05, 3.63) is 57.7 Å². The monoisotopic (exact) mass is 266 g/mol. The molecule has 1 aromatic heterocycles. The van der Waals surface area contributed by atoms with Gasteiger partial charge in [-0.15, -0.1) is 0 Å². The largest absolute Gasteiger partial charge is 0.456 e. The van der Waals surface area contributed by atoms with Crippen molar-refractivity contribution in [1.29, 1.82) is 0 Å². The Morgan fingerprint density at radius 2 is 1.75 bits per heavy atom. The Balaban J connectivity index is 2.47. The summed E-state index contributed by atoms with van der Waals surface area (Å²) < 4.78 is 5.88. The van der Waals surface area contributed by atoms with Crippen molar-refractivity contribution in [3.8, 4) is 0 Å². The molecule has 3 rings (SSSR count). The molecule has 0 aliphatic carbocycles. The Morgan fingerprint density at radius 3 is 2.45 bits per heavy atom. The minimum absolute atomic E-state index is 0.0152. The maximum atomic E-state index is 12.7. The van der Waals surface area contributed by atoms with Crippen LogP contribution in [0.1, 0.15) is 31.9 Å². The summed E-state index contributed by atoms with van der Waals surface area (Å²) in [5.74, 6) is 0. The van der Waals surface area contributed by atoms with E-state index < -0.39 is 0 Å². The smallest absolute Gasteiger partial charge is 0.200 e. The molecule has 0 saturated carbocycles. The summed E-state index contributed by atoms with van der Waals surface area (Å²) in [5.41, 5.74) is 3.49. The van der Waals surface area contributed by atoms with Gasteiger partial charge in [0.25, 0.3) is 0 Å². The van der Waals surface area contributed by atoms with Crippen molar-refractivity contribution in [3.63, 3.8) is 0 Å². The predicted molar refractivity (Wildman–Crippen MR) is 83.4 cm³/mol. The molecule has 0 spiro atoms. The maximum absolute atomic E-state index is 12.7. The van der Waals surface area contributed by atoms with Gasteiger partial charge in [0, 0.05) is 0 Å². The summed E-state index contributed by atoms with van der Waals surface area (Å²) in [6.45, 7) is 8.37. The molecule has 0 bridgehead atoms. The van der Waals surface area contributed by atoms with Gasteiger partial charge >= 0.3 is 0 Å². The minimum atomic E-state index is 0.0152. The zero-order chi connectivity index (χ0) is 14.5. The first-order valence-electron chi connectivity index (χ1n) is 6.84. The van der Waals surface area contributed by atoms with E-state index in [0.29, 0.717) is 21.9 Å². The molecule has 0 fully saturated rings. The molecule has 0 aliphatic heterocycles. The highest BCUT2D eigenvalue weighted by molar-refractivity contribution is 5.91. The van der Waals surface area contributed by atoms with E-state index in [1.807, 2.05) is 43.3 Å². The van der Waals surface area contributed by atoms with E-state index in [1.54, 1.807) is 0 Å². The molecular formula is C18H18O2. The fourth-order valence-electron chi connectivity index (χ4n) is 2.53. The number of fused-ring (bicyclic) bond motifs is 2. The van der Waals surface area contributed by atoms with Crippen LogP contribution in [0.5, 0.6) is 0 Å². The number of hydrogen-bond acceptors (Lipinski definition) is 2. The number of benzene rings is 2. The molecular weight excluding hydrogens is 248 g/mol. The van der Waals surface area contributed by atoms with Gasteiger partial charge in [-0.25, -0.2) is 0 Å². The third-order valence-electron chi connectivity index (χ3n) is 3.77. The maximum Gasteiger partial charge on any atom is 0.200 e. The van der Waals surface area contributed by atoms with Crippen LogP contribution in [0.3, 0.4) is 0 Å². The summed E-state index contributed by atoms with van der Waals surface area (Å²) in [6, 6.07) is 11.6. The lowest BCUT2D eigenvalue weighted by Gasteiger charge is -2.19. The average Bonchev–Trinajstić information content (AvgIpc) is 2.37. The average molecular weight is 266 g/mol. The molecule has 0 N–H and O–H groups in total. The van der Waals surface area contributed by atoms with Crippen LogP contribution in [0.15, 0.2) is 45.6 Å². The van der Waals surface area contributed by atoms with Gasteiger partial charge in [-0.05, 0) is 41.7 Å². The fourth-order valence-corrected chi connectivity index (χ4v) is 2.53. The van der Waals surface area contributed by atoms with Gasteiger partial charge in [0.15, 0.2) is 0 Å². The molecule has 0 amide bonds. The van der Waals surface area contributed by atoms with Crippen LogP contribution in [0.2, 0.25) is 0 Å². The molecule has 3 aromatic rings. The third kappa shape index (κ3) is 1.92. The van der Waals surface area contributed by atoms with Crippen molar-refractivity contribution >= 4 is 21.9 Å². The van der Waals surface area contributed by atoms with Crippen molar-refractivity contribution < 1.29 is 4.42 Å². The van der Waals surface area contributed by atoms with Crippen LogP contribution in [-0.4, -0.2) is 0 Å². The summed E-state index contributed by atoms with van der Waals surface area (Å²) in [5, 5.41) is 1.35. The topological polar surface area (TPSA) is 30.2 Å². The molecule has 20 heavy (non-hydrogen) atoms. The first kappa shape index (κ1) is 12.9. The molecule has 0 radical (unpaired) electrons. The van der Waals surface area contributed by atoms with Crippen LogP contribution in [-0.2, 0) is 5.41 Å². The van der Waals surface area contributed by atoms with E-state index in [2.05, 4.69) is 20.8 Å². The van der Waals surface area contributed by atoms with E-state index in [9.17, 15) is 4.79 Å². The SMILES string of the molecule is Cc1cccc2oc3ccc(C(C)(C)C)cc3c(=O)c12. The molecule has 0 unspecified atom stereocenters. The van der Waals surface area contributed by atoms with E-state index in [1.165, 1.54) is 0 Å². The highest BCUT2D eigenvalue weighted by Gasteiger charge is 2.16. The number of aryl methyl sites for hydroxylation is 1. The lowest BCUT2D eigenvalue weighted by atomic mass is 9.86. The molecule has 2 aromatic carbocycles. The standard InChI is InChI=1S/C18H18O2/c1-11-6-5-7-15-16(11)17(19)13-10-12(18(2,3)4)8-9-14(13)20-15/h5-10H,1-4H3. The molecule has 1 heterocycles. The predicted octanol–water partition coefficient (Wildman–Crippen LogP) is 4.55. The second-order valence-electron chi connectivity index (χ2n) is 6.34. The Hall–Kier alpha value is -2.09. The molecule has 102 valence electrons. The van der Waals surface area contributed by atoms with Gasteiger partial charge < -0.3 is 4.42 Å². The van der Waals surface area contributed by atoms with E-state index in [4.69, 9.17) is 4.42 Å². The van der Waals surface area contributed by atoms with E-state index >= 15 is 0 Å². The van der Waals surface area contributed by atoms with Gasteiger partial charge in [-0.3, -0.25) is 4.79 Å². The molecule has 0 saturated heterocycles. The fraction of sp³-hybridized carbons (Fsp3) is 0.278. The molecule has 0 aliphatic rings. The summed E-state index contributed by atoms with van der Waals surface area (Å²) in [7, 11) is 0. The third-order valence-corrected chi connectivity index (χ3v) is 3.77. The molecule has 2 nitrogen and oxygen atoms in total. The van der Waals surface area contributed by atoms with Crippen LogP contribution in [0.4, 0.5) is 0 Å². The number of hydrogen-bond donors (Lipinski definition) is 0. The highest BCUT2D eigenvalue weighted by Crippen LogP contribution is 2.27. The van der Waals surface area contributed by atoms with Gasteiger partial charge in [-0.1, -0.05) is 39.0 Å². The van der Waals surface area contributed by atoms with Gasteiger partial charge in [0.2, 0.25) is 5.43 Å². The summed E-state index contributed by atoms with van der Waals surface area (Å²) in [6.07, 6.45) is 0. The minimum Gasteiger partial charge on any atom is -0.456 e. The normalized spacial score (nSPS) is 12.2. The molecule has 2 heteroatoms. The lowest BCUT2D eigenvalue weighted by Crippen LogP contribution is -2.12. The number of rotatable bonds is 0. The second-order valence-corrected chi connectivity index (χ2v) is 6.34. The van der Waals surface area contributed by atoms with Gasteiger partial charge in [0.05, 0.1) is 10.8 Å². The zero-order valence-corrected chi connectivity index (χ0v) is 12.3. The van der Waals surface area contributed by atoms with Crippen molar-refractivity contribution in [2.75, 3.05) is 0 Å². The van der Waals surface area contributed by atoms with Crippen LogP contribution in [0, 0.1) is 6.92 Å². The second kappa shape index (κ2) is 4.20. The quantitative estimate of drug-likeness (QED) is 0.559. The Kier molecular flexibility index (Phi) is 2.72. The van der Waals surface area contributed by atoms with Crippen molar-refractivity contribution in [2.24, 2.45) is 0 Å². The van der Waals surface area contributed by atoms with Gasteiger partial charge in [-0.2, -0.15) is 0 Å². The zero-order valence-electron chi connectivity index (χ0n) is 12.3. The summed E-state index contributed by atoms with van der Waals surface area (Å²) in [4.78, 5) is 12.7. The van der Waals surface area contributed by atoms with Crippen LogP contribution >= 0.6 is 0 Å².